The monoisotopic (exact) mass is 187 g/mol. The average Bonchev–Trinajstić information content (AvgIpc) is 2.49. The topological polar surface area (TPSA) is 39.2 Å². The molecule has 1 rings (SSSR count). The van der Waals surface area contributed by atoms with Crippen molar-refractivity contribution in [3.8, 4) is 0 Å². The van der Waals surface area contributed by atoms with Gasteiger partial charge in [-0.15, -0.1) is 0 Å². The Balaban J connectivity index is 2.70. The number of hydrogen-bond donors (Lipinski definition) is 1. The molecule has 0 aliphatic carbocycles. The van der Waals surface area contributed by atoms with Crippen LogP contribution in [0.2, 0.25) is 5.22 Å². The first-order valence-corrected chi connectivity index (χ1v) is 4.53. The van der Waals surface area contributed by atoms with E-state index in [1.807, 2.05) is 6.07 Å². The first-order chi connectivity index (χ1) is 5.65. The molecule has 2 unspecified atom stereocenters. The highest BCUT2D eigenvalue weighted by molar-refractivity contribution is 6.28. The van der Waals surface area contributed by atoms with Gasteiger partial charge in [-0.25, -0.2) is 0 Å². The summed E-state index contributed by atoms with van der Waals surface area (Å²) in [6.45, 7) is 4.20. The van der Waals surface area contributed by atoms with Crippen LogP contribution in [0.3, 0.4) is 0 Å². The summed E-state index contributed by atoms with van der Waals surface area (Å²) in [6.07, 6.45) is 1.04. The predicted molar refractivity (Wildman–Crippen MR) is 50.1 cm³/mol. The third-order valence-electron chi connectivity index (χ3n) is 2.18. The van der Waals surface area contributed by atoms with Crippen molar-refractivity contribution in [2.75, 3.05) is 0 Å². The molecule has 2 atom stereocenters. The minimum atomic E-state index is -0.0394. The second kappa shape index (κ2) is 3.97. The van der Waals surface area contributed by atoms with Crippen LogP contribution in [0.15, 0.2) is 16.5 Å². The SMILES string of the molecule is CCC(C)C(N)c1ccc(Cl)o1. The second-order valence-electron chi connectivity index (χ2n) is 3.05. The van der Waals surface area contributed by atoms with E-state index in [9.17, 15) is 0 Å². The molecule has 1 heterocycles. The number of rotatable bonds is 3. The molecule has 0 saturated carbocycles. The lowest BCUT2D eigenvalue weighted by Crippen LogP contribution is -2.17. The van der Waals surface area contributed by atoms with E-state index in [1.165, 1.54) is 0 Å². The quantitative estimate of drug-likeness (QED) is 0.790. The Kier molecular flexibility index (Phi) is 3.18. The summed E-state index contributed by atoms with van der Waals surface area (Å²) >= 11 is 5.63. The number of halogens is 1. The van der Waals surface area contributed by atoms with E-state index in [4.69, 9.17) is 21.8 Å². The molecule has 0 saturated heterocycles. The number of hydrogen-bond acceptors (Lipinski definition) is 2. The Bertz CT molecular complexity index is 246. The Morgan fingerprint density at radius 1 is 1.58 bits per heavy atom. The highest BCUT2D eigenvalue weighted by atomic mass is 35.5. The molecular weight excluding hydrogens is 174 g/mol. The summed E-state index contributed by atoms with van der Waals surface area (Å²) in [5, 5.41) is 0.406. The lowest BCUT2D eigenvalue weighted by Gasteiger charge is -2.15. The van der Waals surface area contributed by atoms with Crippen molar-refractivity contribution < 1.29 is 4.42 Å². The van der Waals surface area contributed by atoms with E-state index in [2.05, 4.69) is 13.8 Å². The summed E-state index contributed by atoms with van der Waals surface area (Å²) in [5.74, 6) is 1.20. The molecule has 0 aromatic carbocycles. The summed E-state index contributed by atoms with van der Waals surface area (Å²) in [4.78, 5) is 0. The molecule has 0 bridgehead atoms. The lowest BCUT2D eigenvalue weighted by molar-refractivity contribution is 0.377. The first kappa shape index (κ1) is 9.62. The van der Waals surface area contributed by atoms with Gasteiger partial charge in [0.1, 0.15) is 5.76 Å². The summed E-state index contributed by atoms with van der Waals surface area (Å²) in [6, 6.07) is 3.51. The zero-order valence-electron chi connectivity index (χ0n) is 7.38. The fraction of sp³-hybridized carbons (Fsp3) is 0.556. The Morgan fingerprint density at radius 2 is 2.25 bits per heavy atom. The van der Waals surface area contributed by atoms with Gasteiger partial charge in [-0.2, -0.15) is 0 Å². The van der Waals surface area contributed by atoms with Crippen LogP contribution in [-0.4, -0.2) is 0 Å². The van der Waals surface area contributed by atoms with E-state index in [1.54, 1.807) is 6.07 Å². The largest absolute Gasteiger partial charge is 0.448 e. The highest BCUT2D eigenvalue weighted by Gasteiger charge is 2.16. The van der Waals surface area contributed by atoms with Gasteiger partial charge in [0.2, 0.25) is 0 Å². The van der Waals surface area contributed by atoms with Crippen molar-refractivity contribution in [3.05, 3.63) is 23.1 Å². The van der Waals surface area contributed by atoms with Gasteiger partial charge in [-0.1, -0.05) is 20.3 Å². The summed E-state index contributed by atoms with van der Waals surface area (Å²) in [5.41, 5.74) is 5.91. The van der Waals surface area contributed by atoms with Gasteiger partial charge in [0.25, 0.3) is 0 Å². The van der Waals surface area contributed by atoms with Crippen molar-refractivity contribution in [1.82, 2.24) is 0 Å². The number of nitrogens with two attached hydrogens (primary N) is 1. The zero-order chi connectivity index (χ0) is 9.14. The summed E-state index contributed by atoms with van der Waals surface area (Å²) in [7, 11) is 0. The molecule has 0 amide bonds. The van der Waals surface area contributed by atoms with E-state index in [0.29, 0.717) is 11.1 Å². The molecule has 1 aromatic rings. The van der Waals surface area contributed by atoms with E-state index in [0.717, 1.165) is 12.2 Å². The third kappa shape index (κ3) is 2.02. The van der Waals surface area contributed by atoms with E-state index < -0.39 is 0 Å². The van der Waals surface area contributed by atoms with Crippen LogP contribution in [0.4, 0.5) is 0 Å². The molecule has 0 aliphatic rings. The average molecular weight is 188 g/mol. The van der Waals surface area contributed by atoms with E-state index >= 15 is 0 Å². The van der Waals surface area contributed by atoms with Crippen LogP contribution in [0.5, 0.6) is 0 Å². The standard InChI is InChI=1S/C9H14ClNO/c1-3-6(2)9(11)7-4-5-8(10)12-7/h4-6,9H,3,11H2,1-2H3. The van der Waals surface area contributed by atoms with Crippen LogP contribution in [0, 0.1) is 5.92 Å². The molecule has 0 radical (unpaired) electrons. The Morgan fingerprint density at radius 3 is 2.67 bits per heavy atom. The van der Waals surface area contributed by atoms with Gasteiger partial charge in [-0.3, -0.25) is 0 Å². The minimum Gasteiger partial charge on any atom is -0.448 e. The van der Waals surface area contributed by atoms with E-state index in [-0.39, 0.29) is 6.04 Å². The van der Waals surface area contributed by atoms with Crippen molar-refractivity contribution in [2.24, 2.45) is 11.7 Å². The molecule has 2 nitrogen and oxygen atoms in total. The molecule has 1 aromatic heterocycles. The minimum absolute atomic E-state index is 0.0394. The second-order valence-corrected chi connectivity index (χ2v) is 3.43. The maximum atomic E-state index is 5.91. The van der Waals surface area contributed by atoms with Crippen molar-refractivity contribution in [1.29, 1.82) is 0 Å². The Hall–Kier alpha value is -0.470. The van der Waals surface area contributed by atoms with Gasteiger partial charge < -0.3 is 10.2 Å². The summed E-state index contributed by atoms with van der Waals surface area (Å²) < 4.78 is 5.21. The molecule has 68 valence electrons. The van der Waals surface area contributed by atoms with Gasteiger partial charge in [0.05, 0.1) is 6.04 Å². The maximum Gasteiger partial charge on any atom is 0.193 e. The van der Waals surface area contributed by atoms with Crippen LogP contribution in [0.25, 0.3) is 0 Å². The van der Waals surface area contributed by atoms with Crippen molar-refractivity contribution in [2.45, 2.75) is 26.3 Å². The van der Waals surface area contributed by atoms with Crippen molar-refractivity contribution >= 4 is 11.6 Å². The molecule has 12 heavy (non-hydrogen) atoms. The van der Waals surface area contributed by atoms with Gasteiger partial charge in [0.15, 0.2) is 5.22 Å². The normalized spacial score (nSPS) is 16.0. The van der Waals surface area contributed by atoms with Crippen LogP contribution in [-0.2, 0) is 0 Å². The molecule has 0 aliphatic heterocycles. The highest BCUT2D eigenvalue weighted by Crippen LogP contribution is 2.25. The predicted octanol–water partition coefficient (Wildman–Crippen LogP) is 2.98. The zero-order valence-corrected chi connectivity index (χ0v) is 8.14. The fourth-order valence-electron chi connectivity index (χ4n) is 1.04. The van der Waals surface area contributed by atoms with Crippen LogP contribution in [0.1, 0.15) is 32.1 Å². The van der Waals surface area contributed by atoms with Crippen molar-refractivity contribution in [3.63, 3.8) is 0 Å². The lowest BCUT2D eigenvalue weighted by atomic mass is 9.98. The molecule has 0 fully saturated rings. The molecule has 2 N–H and O–H groups in total. The smallest absolute Gasteiger partial charge is 0.193 e. The van der Waals surface area contributed by atoms with Crippen LogP contribution >= 0.6 is 11.6 Å². The molecular formula is C9H14ClNO. The Labute approximate surface area is 77.7 Å². The van der Waals surface area contributed by atoms with Gasteiger partial charge in [0, 0.05) is 0 Å². The fourth-order valence-corrected chi connectivity index (χ4v) is 1.19. The third-order valence-corrected chi connectivity index (χ3v) is 2.38. The maximum absolute atomic E-state index is 5.91. The molecule has 3 heteroatoms. The first-order valence-electron chi connectivity index (χ1n) is 4.16. The van der Waals surface area contributed by atoms with Gasteiger partial charge >= 0.3 is 0 Å². The number of furan rings is 1. The van der Waals surface area contributed by atoms with Crippen LogP contribution < -0.4 is 5.73 Å². The molecule has 0 spiro atoms. The van der Waals surface area contributed by atoms with Gasteiger partial charge in [-0.05, 0) is 29.7 Å².